The van der Waals surface area contributed by atoms with Crippen LogP contribution in [0.15, 0.2) is 53.5 Å². The number of nitrogens with zero attached hydrogens (tertiary/aromatic N) is 3. The second kappa shape index (κ2) is 15.4. The summed E-state index contributed by atoms with van der Waals surface area (Å²) < 4.78 is 0. The predicted molar refractivity (Wildman–Crippen MR) is 168 cm³/mol. The number of halogens is 1. The molecule has 2 aromatic rings. The lowest BCUT2D eigenvalue weighted by molar-refractivity contribution is -0.141. The third-order valence-electron chi connectivity index (χ3n) is 8.91. The number of piperidine rings is 1. The zero-order chi connectivity index (χ0) is 30.8. The van der Waals surface area contributed by atoms with Gasteiger partial charge in [0, 0.05) is 29.9 Å². The number of rotatable bonds is 11. The van der Waals surface area contributed by atoms with Gasteiger partial charge in [0.1, 0.15) is 0 Å². The van der Waals surface area contributed by atoms with Crippen LogP contribution >= 0.6 is 11.6 Å². The largest absolute Gasteiger partial charge is 0.351 e. The second-order valence-corrected chi connectivity index (χ2v) is 12.2. The molecule has 43 heavy (non-hydrogen) atoms. The van der Waals surface area contributed by atoms with Gasteiger partial charge in [-0.25, -0.2) is 10.0 Å². The summed E-state index contributed by atoms with van der Waals surface area (Å²) in [5.74, 6) is -0.343. The normalized spacial score (nSPS) is 18.3. The zero-order valence-corrected chi connectivity index (χ0v) is 25.8. The summed E-state index contributed by atoms with van der Waals surface area (Å²) in [6, 6.07) is 13.7. The number of hydrogen-bond donors (Lipinski definition) is 2. The number of hydrazine groups is 1. The van der Waals surface area contributed by atoms with Gasteiger partial charge in [0.05, 0.1) is 23.6 Å². The summed E-state index contributed by atoms with van der Waals surface area (Å²) >= 11 is 6.03. The number of carbonyl (C=O) groups excluding carboxylic acids is 4. The molecule has 2 aromatic carbocycles. The van der Waals surface area contributed by atoms with Crippen LogP contribution in [0.4, 0.5) is 0 Å². The number of likely N-dealkylation sites (N-methyl/N-ethyl adjacent to an activating group) is 1. The van der Waals surface area contributed by atoms with Gasteiger partial charge in [-0.15, -0.1) is 0 Å². The Bertz CT molecular complexity index is 1300. The van der Waals surface area contributed by atoms with Crippen molar-refractivity contribution in [2.24, 2.45) is 16.3 Å². The molecule has 0 aromatic heterocycles. The monoisotopic (exact) mass is 607 g/mol. The van der Waals surface area contributed by atoms with Gasteiger partial charge < -0.3 is 5.32 Å². The average molecular weight is 608 g/mol. The van der Waals surface area contributed by atoms with E-state index in [2.05, 4.69) is 15.7 Å². The van der Waals surface area contributed by atoms with Crippen LogP contribution in [-0.4, -0.2) is 79.9 Å². The molecule has 1 aliphatic heterocycles. The van der Waals surface area contributed by atoms with Crippen molar-refractivity contribution in [3.63, 3.8) is 0 Å². The maximum atomic E-state index is 13.8. The highest BCUT2D eigenvalue weighted by molar-refractivity contribution is 6.30. The molecule has 10 heteroatoms. The third-order valence-corrected chi connectivity index (χ3v) is 9.16. The number of carbonyl (C=O) groups is 4. The van der Waals surface area contributed by atoms with Crippen LogP contribution < -0.4 is 10.7 Å². The van der Waals surface area contributed by atoms with Crippen LogP contribution in [0, 0.1) is 11.3 Å². The average Bonchev–Trinajstić information content (AvgIpc) is 3.03. The number of aliphatic imine (C=N–C) groups is 1. The number of nitrogens with one attached hydrogen (secondary N) is 2. The standard InChI is InChI=1S/C33H42ClN5O4/c1-38(2)29(22-24-12-14-27(34)15-13-24)31(42)37-39-20-16-33(17-21-39,26-9-4-3-5-10-26)32(43)36-19-18-35-30(41)28-11-7-6-8-25(28)23-40/h6-8,11-15,18,23,26,29H,3-5,9-10,16-17,19-22H2,1-2H3,(H,36,43)(H,37,42)/t29-/m1/s1. The molecule has 2 N–H and O–H groups in total. The van der Waals surface area contributed by atoms with Gasteiger partial charge >= 0.3 is 0 Å². The molecule has 2 fully saturated rings. The molecule has 1 saturated carbocycles. The number of benzene rings is 2. The second-order valence-electron chi connectivity index (χ2n) is 11.8. The van der Waals surface area contributed by atoms with Gasteiger partial charge in [-0.05, 0) is 75.9 Å². The fourth-order valence-electron chi connectivity index (χ4n) is 6.38. The summed E-state index contributed by atoms with van der Waals surface area (Å²) in [4.78, 5) is 56.7. The van der Waals surface area contributed by atoms with Crippen LogP contribution in [0.3, 0.4) is 0 Å². The zero-order valence-electron chi connectivity index (χ0n) is 25.1. The SMILES string of the molecule is CN(C)[C@H](Cc1ccc(Cl)cc1)C(=O)NN1CCC(C(=O)NCC=NC(=O)c2ccccc2C=O)(C2CCCCC2)CC1. The molecule has 2 aliphatic rings. The van der Waals surface area contributed by atoms with E-state index in [1.54, 1.807) is 24.3 Å². The van der Waals surface area contributed by atoms with E-state index in [9.17, 15) is 19.2 Å². The van der Waals surface area contributed by atoms with Crippen LogP contribution in [0.2, 0.25) is 5.02 Å². The summed E-state index contributed by atoms with van der Waals surface area (Å²) in [7, 11) is 3.79. The van der Waals surface area contributed by atoms with Crippen molar-refractivity contribution in [1.29, 1.82) is 0 Å². The molecule has 0 spiro atoms. The first-order valence-corrected chi connectivity index (χ1v) is 15.5. The van der Waals surface area contributed by atoms with Crippen molar-refractivity contribution in [3.05, 3.63) is 70.2 Å². The molecule has 1 atom stereocenters. The molecular weight excluding hydrogens is 566 g/mol. The van der Waals surface area contributed by atoms with E-state index in [0.717, 1.165) is 31.2 Å². The van der Waals surface area contributed by atoms with Crippen LogP contribution in [0.1, 0.15) is 71.2 Å². The maximum Gasteiger partial charge on any atom is 0.277 e. The van der Waals surface area contributed by atoms with Gasteiger partial charge in [0.25, 0.3) is 11.8 Å². The van der Waals surface area contributed by atoms with Gasteiger partial charge in [-0.2, -0.15) is 0 Å². The predicted octanol–water partition coefficient (Wildman–Crippen LogP) is 4.35. The summed E-state index contributed by atoms with van der Waals surface area (Å²) in [5, 5.41) is 5.62. The van der Waals surface area contributed by atoms with Gasteiger partial charge in [-0.3, -0.25) is 29.5 Å². The van der Waals surface area contributed by atoms with Crippen molar-refractivity contribution in [3.8, 4) is 0 Å². The van der Waals surface area contributed by atoms with Crippen LogP contribution in [0.5, 0.6) is 0 Å². The number of hydrogen-bond acceptors (Lipinski definition) is 6. The highest BCUT2D eigenvalue weighted by Crippen LogP contribution is 2.46. The van der Waals surface area contributed by atoms with E-state index in [0.29, 0.717) is 43.7 Å². The van der Waals surface area contributed by atoms with Crippen molar-refractivity contribution < 1.29 is 19.2 Å². The topological polar surface area (TPSA) is 111 Å². The molecule has 9 nitrogen and oxygen atoms in total. The van der Waals surface area contributed by atoms with E-state index in [4.69, 9.17) is 11.6 Å². The quantitative estimate of drug-likeness (QED) is 0.290. The van der Waals surface area contributed by atoms with E-state index in [-0.39, 0.29) is 41.4 Å². The van der Waals surface area contributed by atoms with Crippen molar-refractivity contribution in [2.75, 3.05) is 33.7 Å². The summed E-state index contributed by atoms with van der Waals surface area (Å²) in [6.45, 7) is 1.27. The molecule has 0 radical (unpaired) electrons. The van der Waals surface area contributed by atoms with Gasteiger partial charge in [-0.1, -0.05) is 61.2 Å². The van der Waals surface area contributed by atoms with Gasteiger partial charge in [0.2, 0.25) is 5.91 Å². The molecule has 1 saturated heterocycles. The molecule has 0 bridgehead atoms. The van der Waals surface area contributed by atoms with Crippen molar-refractivity contribution >= 4 is 41.8 Å². The Morgan fingerprint density at radius 2 is 1.72 bits per heavy atom. The third kappa shape index (κ3) is 8.37. The van der Waals surface area contributed by atoms with E-state index in [1.807, 2.05) is 48.3 Å². The maximum absolute atomic E-state index is 13.8. The highest BCUT2D eigenvalue weighted by atomic mass is 35.5. The fraction of sp³-hybridized carbons (Fsp3) is 0.485. The van der Waals surface area contributed by atoms with E-state index < -0.39 is 11.3 Å². The molecule has 1 heterocycles. The minimum Gasteiger partial charge on any atom is -0.351 e. The first-order valence-electron chi connectivity index (χ1n) is 15.1. The Morgan fingerprint density at radius 3 is 2.37 bits per heavy atom. The lowest BCUT2D eigenvalue weighted by Gasteiger charge is -2.46. The first kappa shape index (κ1) is 32.5. The smallest absolute Gasteiger partial charge is 0.277 e. The summed E-state index contributed by atoms with van der Waals surface area (Å²) in [5.41, 5.74) is 4.13. The van der Waals surface area contributed by atoms with Crippen LogP contribution in [-0.2, 0) is 16.0 Å². The molecule has 230 valence electrons. The van der Waals surface area contributed by atoms with Crippen LogP contribution in [0.25, 0.3) is 0 Å². The lowest BCUT2D eigenvalue weighted by atomic mass is 9.63. The minimum absolute atomic E-state index is 0.0218. The van der Waals surface area contributed by atoms with Gasteiger partial charge in [0.15, 0.2) is 6.29 Å². The fourth-order valence-corrected chi connectivity index (χ4v) is 6.51. The first-order chi connectivity index (χ1) is 20.7. The lowest BCUT2D eigenvalue weighted by Crippen LogP contribution is -2.58. The van der Waals surface area contributed by atoms with Crippen molar-refractivity contribution in [2.45, 2.75) is 57.4 Å². The molecule has 0 unspecified atom stereocenters. The van der Waals surface area contributed by atoms with E-state index >= 15 is 0 Å². The Morgan fingerprint density at radius 1 is 1.05 bits per heavy atom. The molecule has 3 amide bonds. The minimum atomic E-state index is -0.534. The Kier molecular flexibility index (Phi) is 11.6. The molecule has 1 aliphatic carbocycles. The molecular formula is C33H42ClN5O4. The Hall–Kier alpha value is -3.40. The van der Waals surface area contributed by atoms with E-state index in [1.165, 1.54) is 12.6 Å². The number of aldehydes is 1. The van der Waals surface area contributed by atoms with Crippen molar-refractivity contribution in [1.82, 2.24) is 20.7 Å². The number of amides is 3. The molecule has 4 rings (SSSR count). The Labute approximate surface area is 259 Å². The highest BCUT2D eigenvalue weighted by Gasteiger charge is 2.47. The summed E-state index contributed by atoms with van der Waals surface area (Å²) in [6.07, 6.45) is 9.30. The Balaban J connectivity index is 1.37.